The average molecular weight is 391 g/mol. The number of hydrogen-bond donors (Lipinski definition) is 1. The highest BCUT2D eigenvalue weighted by molar-refractivity contribution is 5.71. The number of carboxylic acids is 1. The van der Waals surface area contributed by atoms with Crippen LogP contribution in [-0.2, 0) is 17.8 Å². The lowest BCUT2D eigenvalue weighted by molar-refractivity contribution is -0.145. The number of fused-ring (bicyclic) bond motifs is 5. The van der Waals surface area contributed by atoms with Crippen LogP contribution in [0.25, 0.3) is 0 Å². The number of carbonyl (C=O) groups is 1. The van der Waals surface area contributed by atoms with Crippen molar-refractivity contribution in [2.45, 2.75) is 58.0 Å². The molecule has 0 aliphatic heterocycles. The Morgan fingerprint density at radius 1 is 1.10 bits per heavy atom. The van der Waals surface area contributed by atoms with E-state index in [1.54, 1.807) is 0 Å². The van der Waals surface area contributed by atoms with Crippen LogP contribution in [-0.4, -0.2) is 11.1 Å². The maximum absolute atomic E-state index is 11.9. The van der Waals surface area contributed by atoms with Crippen molar-refractivity contribution in [2.75, 3.05) is 0 Å². The molecule has 0 unspecified atom stereocenters. The van der Waals surface area contributed by atoms with Gasteiger partial charge in [0, 0.05) is 0 Å². The standard InChI is InChI=1S/C26H30O3/c1-26-13-11-21-20-10-8-19(29-16-17-5-3-2-4-6-17)15-18(20)7-9-22(21)24(26)23(12-14-26)25(27)28/h2-6,8,10,15,21-24H,7,9,11-14,16H2,1H3,(H,27,28)/t21-,22-,23+,24-,26-/m1/s1. The Labute approximate surface area is 173 Å². The molecule has 2 aromatic carbocycles. The molecule has 3 aliphatic carbocycles. The fourth-order valence-corrected chi connectivity index (χ4v) is 6.73. The quantitative estimate of drug-likeness (QED) is 0.715. The molecule has 1 N–H and O–H groups in total. The van der Waals surface area contributed by atoms with Crippen LogP contribution in [0.1, 0.15) is 61.6 Å². The molecule has 0 saturated heterocycles. The third kappa shape index (κ3) is 3.25. The highest BCUT2D eigenvalue weighted by Crippen LogP contribution is 2.62. The van der Waals surface area contributed by atoms with Crippen molar-refractivity contribution in [2.24, 2.45) is 23.2 Å². The minimum Gasteiger partial charge on any atom is -0.489 e. The number of carboxylic acid groups (broad SMARTS) is 1. The van der Waals surface area contributed by atoms with E-state index in [4.69, 9.17) is 4.74 Å². The minimum atomic E-state index is -0.574. The average Bonchev–Trinajstić information content (AvgIpc) is 3.10. The Bertz CT molecular complexity index is 905. The van der Waals surface area contributed by atoms with Crippen LogP contribution in [0.5, 0.6) is 5.75 Å². The van der Waals surface area contributed by atoms with Gasteiger partial charge in [0.25, 0.3) is 0 Å². The van der Waals surface area contributed by atoms with E-state index in [2.05, 4.69) is 37.3 Å². The maximum atomic E-state index is 11.9. The highest BCUT2D eigenvalue weighted by atomic mass is 16.5. The van der Waals surface area contributed by atoms with E-state index in [9.17, 15) is 9.90 Å². The topological polar surface area (TPSA) is 46.5 Å². The minimum absolute atomic E-state index is 0.150. The molecule has 0 spiro atoms. The highest BCUT2D eigenvalue weighted by Gasteiger charge is 2.56. The predicted octanol–water partition coefficient (Wildman–Crippen LogP) is 5.82. The second-order valence-electron chi connectivity index (χ2n) is 9.65. The van der Waals surface area contributed by atoms with Crippen molar-refractivity contribution >= 4 is 5.97 Å². The van der Waals surface area contributed by atoms with Crippen LogP contribution >= 0.6 is 0 Å². The lowest BCUT2D eigenvalue weighted by Gasteiger charge is -2.50. The Balaban J connectivity index is 1.37. The van der Waals surface area contributed by atoms with E-state index in [-0.39, 0.29) is 11.3 Å². The van der Waals surface area contributed by atoms with E-state index >= 15 is 0 Å². The van der Waals surface area contributed by atoms with E-state index in [0.717, 1.165) is 37.9 Å². The lowest BCUT2D eigenvalue weighted by atomic mass is 9.54. The molecular formula is C26H30O3. The second-order valence-corrected chi connectivity index (χ2v) is 9.65. The van der Waals surface area contributed by atoms with Crippen LogP contribution in [0.2, 0.25) is 0 Å². The smallest absolute Gasteiger partial charge is 0.306 e. The fraction of sp³-hybridized carbons (Fsp3) is 0.500. The summed E-state index contributed by atoms with van der Waals surface area (Å²) in [5, 5.41) is 9.83. The van der Waals surface area contributed by atoms with Gasteiger partial charge in [0.1, 0.15) is 12.4 Å². The van der Waals surface area contributed by atoms with Crippen molar-refractivity contribution in [1.29, 1.82) is 0 Å². The Morgan fingerprint density at radius 3 is 2.69 bits per heavy atom. The molecule has 2 saturated carbocycles. The van der Waals surface area contributed by atoms with Crippen LogP contribution in [0.4, 0.5) is 0 Å². The van der Waals surface area contributed by atoms with Gasteiger partial charge in [0.2, 0.25) is 0 Å². The number of hydrogen-bond acceptors (Lipinski definition) is 2. The van der Waals surface area contributed by atoms with Gasteiger partial charge in [0.05, 0.1) is 5.92 Å². The molecular weight excluding hydrogens is 360 g/mol. The summed E-state index contributed by atoms with van der Waals surface area (Å²) in [6.07, 6.45) is 6.45. The molecule has 5 rings (SSSR count). The summed E-state index contributed by atoms with van der Waals surface area (Å²) in [6.45, 7) is 2.94. The van der Waals surface area contributed by atoms with Crippen molar-refractivity contribution in [3.63, 3.8) is 0 Å². The van der Waals surface area contributed by atoms with Gasteiger partial charge in [-0.05, 0) is 90.5 Å². The molecule has 2 fully saturated rings. The SMILES string of the molecule is C[C@@]12CC[C@H](C(=O)O)[C@H]1[C@@H]1CCc3cc(OCc4ccccc4)ccc3[C@H]1CC2. The van der Waals surface area contributed by atoms with Crippen LogP contribution in [0.3, 0.4) is 0 Å². The normalized spacial score (nSPS) is 32.7. The summed E-state index contributed by atoms with van der Waals surface area (Å²) < 4.78 is 6.05. The molecule has 0 amide bonds. The van der Waals surface area contributed by atoms with Crippen LogP contribution in [0, 0.1) is 23.2 Å². The van der Waals surface area contributed by atoms with Crippen molar-refractivity contribution in [1.82, 2.24) is 0 Å². The van der Waals surface area contributed by atoms with Gasteiger partial charge in [0.15, 0.2) is 0 Å². The summed E-state index contributed by atoms with van der Waals surface area (Å²) >= 11 is 0. The molecule has 0 radical (unpaired) electrons. The van der Waals surface area contributed by atoms with Gasteiger partial charge in [-0.25, -0.2) is 0 Å². The molecule has 2 aromatic rings. The molecule has 0 aromatic heterocycles. The molecule has 3 nitrogen and oxygen atoms in total. The van der Waals surface area contributed by atoms with Crippen molar-refractivity contribution in [3.8, 4) is 5.75 Å². The van der Waals surface area contributed by atoms with E-state index < -0.39 is 5.97 Å². The van der Waals surface area contributed by atoms with Gasteiger partial charge < -0.3 is 9.84 Å². The van der Waals surface area contributed by atoms with Gasteiger partial charge in [-0.3, -0.25) is 4.79 Å². The molecule has 0 heterocycles. The zero-order valence-electron chi connectivity index (χ0n) is 17.1. The number of aryl methyl sites for hydroxylation is 1. The number of aliphatic carboxylic acids is 1. The second kappa shape index (κ2) is 7.19. The molecule has 3 aliphatic rings. The van der Waals surface area contributed by atoms with E-state index in [0.29, 0.717) is 24.4 Å². The molecule has 3 heteroatoms. The summed E-state index contributed by atoms with van der Waals surface area (Å²) in [5.74, 6) is 1.58. The Kier molecular flexibility index (Phi) is 4.64. The third-order valence-electron chi connectivity index (χ3n) is 8.10. The summed E-state index contributed by atoms with van der Waals surface area (Å²) in [5.41, 5.74) is 4.26. The summed E-state index contributed by atoms with van der Waals surface area (Å²) in [7, 11) is 0. The van der Waals surface area contributed by atoms with Gasteiger partial charge >= 0.3 is 5.97 Å². The molecule has 5 atom stereocenters. The van der Waals surface area contributed by atoms with Crippen LogP contribution in [0.15, 0.2) is 48.5 Å². The fourth-order valence-electron chi connectivity index (χ4n) is 6.73. The first-order chi connectivity index (χ1) is 14.0. The zero-order valence-corrected chi connectivity index (χ0v) is 17.1. The number of rotatable bonds is 4. The number of ether oxygens (including phenoxy) is 1. The van der Waals surface area contributed by atoms with E-state index in [1.807, 2.05) is 18.2 Å². The summed E-state index contributed by atoms with van der Waals surface area (Å²) in [6, 6.07) is 16.9. The summed E-state index contributed by atoms with van der Waals surface area (Å²) in [4.78, 5) is 11.9. The first kappa shape index (κ1) is 18.7. The molecule has 0 bridgehead atoms. The predicted molar refractivity (Wildman–Crippen MR) is 113 cm³/mol. The lowest BCUT2D eigenvalue weighted by Crippen LogP contribution is -2.43. The Morgan fingerprint density at radius 2 is 1.90 bits per heavy atom. The van der Waals surface area contributed by atoms with Crippen molar-refractivity contribution in [3.05, 3.63) is 65.2 Å². The Hall–Kier alpha value is -2.29. The van der Waals surface area contributed by atoms with Gasteiger partial charge in [-0.2, -0.15) is 0 Å². The number of benzene rings is 2. The maximum Gasteiger partial charge on any atom is 0.306 e. The van der Waals surface area contributed by atoms with Crippen LogP contribution < -0.4 is 4.74 Å². The third-order valence-corrected chi connectivity index (χ3v) is 8.10. The zero-order chi connectivity index (χ0) is 20.0. The van der Waals surface area contributed by atoms with Gasteiger partial charge in [-0.15, -0.1) is 0 Å². The molecule has 29 heavy (non-hydrogen) atoms. The molecule has 152 valence electrons. The van der Waals surface area contributed by atoms with Crippen molar-refractivity contribution < 1.29 is 14.6 Å². The van der Waals surface area contributed by atoms with E-state index in [1.165, 1.54) is 23.1 Å². The monoisotopic (exact) mass is 390 g/mol. The van der Waals surface area contributed by atoms with Gasteiger partial charge in [-0.1, -0.05) is 43.3 Å². The first-order valence-corrected chi connectivity index (χ1v) is 11.1. The first-order valence-electron chi connectivity index (χ1n) is 11.1. The largest absolute Gasteiger partial charge is 0.489 e.